The van der Waals surface area contributed by atoms with Crippen LogP contribution in [0.3, 0.4) is 0 Å². The Labute approximate surface area is 116 Å². The molecule has 2 rings (SSSR count). The molecule has 5 heteroatoms. The Bertz CT molecular complexity index is 545. The number of rotatable bonds is 4. The molecule has 0 saturated heterocycles. The average molecular weight is 270 g/mol. The lowest BCUT2D eigenvalue weighted by Crippen LogP contribution is -2.30. The van der Waals surface area contributed by atoms with Crippen LogP contribution in [0.15, 0.2) is 60.7 Å². The van der Waals surface area contributed by atoms with Gasteiger partial charge in [0.25, 0.3) is 0 Å². The van der Waals surface area contributed by atoms with E-state index in [2.05, 4.69) is 4.74 Å². The molecule has 5 nitrogen and oxygen atoms in total. The lowest BCUT2D eigenvalue weighted by atomic mass is 10.2. The fourth-order valence-corrected chi connectivity index (χ4v) is 1.82. The Morgan fingerprint density at radius 1 is 0.900 bits per heavy atom. The number of carbonyl (C=O) groups is 2. The van der Waals surface area contributed by atoms with Gasteiger partial charge in [0.15, 0.2) is 0 Å². The summed E-state index contributed by atoms with van der Waals surface area (Å²) in [6, 6.07) is 18.7. The van der Waals surface area contributed by atoms with Crippen LogP contribution in [0, 0.1) is 0 Å². The van der Waals surface area contributed by atoms with Gasteiger partial charge < -0.3 is 15.4 Å². The molecule has 0 unspecified atom stereocenters. The first-order valence-electron chi connectivity index (χ1n) is 6.04. The summed E-state index contributed by atoms with van der Waals surface area (Å²) in [6.45, 7) is -0.100. The molecule has 0 aromatic heterocycles. The molecule has 0 aliphatic rings. The van der Waals surface area contributed by atoms with Crippen molar-refractivity contribution >= 4 is 23.4 Å². The molecule has 1 amide bonds. The molecule has 2 aromatic rings. The van der Waals surface area contributed by atoms with Crippen LogP contribution in [0.25, 0.3) is 0 Å². The van der Waals surface area contributed by atoms with Crippen molar-refractivity contribution in [2.75, 3.05) is 11.4 Å². The van der Waals surface area contributed by atoms with E-state index < -0.39 is 12.1 Å². The summed E-state index contributed by atoms with van der Waals surface area (Å²) in [6.07, 6.45) is -1.10. The number of anilines is 2. The van der Waals surface area contributed by atoms with Crippen molar-refractivity contribution in [3.8, 4) is 0 Å². The maximum absolute atomic E-state index is 11.6. The van der Waals surface area contributed by atoms with Gasteiger partial charge in [-0.2, -0.15) is 0 Å². The Morgan fingerprint density at radius 3 is 1.75 bits per heavy atom. The smallest absolute Gasteiger partial charge is 0.375 e. The summed E-state index contributed by atoms with van der Waals surface area (Å²) in [5.74, 6) is -0.704. The quantitative estimate of drug-likeness (QED) is 0.684. The standard InChI is InChI=1S/C15H14N2O3/c16-15(19)20-14(18)11-17(12-7-3-1-4-8-12)13-9-5-2-6-10-13/h1-10H,11H2,(H2,16,19). The first-order chi connectivity index (χ1) is 9.66. The number of esters is 1. The molecule has 102 valence electrons. The van der Waals surface area contributed by atoms with Crippen molar-refractivity contribution in [2.45, 2.75) is 0 Å². The molecule has 2 aromatic carbocycles. The molecule has 0 spiro atoms. The number of primary amides is 1. The predicted molar refractivity (Wildman–Crippen MR) is 75.6 cm³/mol. The second-order valence-electron chi connectivity index (χ2n) is 4.05. The van der Waals surface area contributed by atoms with E-state index in [0.717, 1.165) is 11.4 Å². The van der Waals surface area contributed by atoms with Gasteiger partial charge in [0.1, 0.15) is 6.54 Å². The van der Waals surface area contributed by atoms with Gasteiger partial charge in [-0.15, -0.1) is 0 Å². The Kier molecular flexibility index (Phi) is 4.34. The molecule has 0 radical (unpaired) electrons. The number of nitrogens with two attached hydrogens (primary N) is 1. The molecule has 0 aliphatic carbocycles. The maximum Gasteiger partial charge on any atom is 0.412 e. The third kappa shape index (κ3) is 3.58. The van der Waals surface area contributed by atoms with E-state index >= 15 is 0 Å². The van der Waals surface area contributed by atoms with Crippen molar-refractivity contribution in [1.82, 2.24) is 0 Å². The number of amides is 1. The van der Waals surface area contributed by atoms with Crippen molar-refractivity contribution in [3.63, 3.8) is 0 Å². The van der Waals surface area contributed by atoms with Gasteiger partial charge in [-0.05, 0) is 24.3 Å². The molecule has 0 aliphatic heterocycles. The highest BCUT2D eigenvalue weighted by molar-refractivity contribution is 5.88. The lowest BCUT2D eigenvalue weighted by Gasteiger charge is -2.23. The van der Waals surface area contributed by atoms with Crippen LogP contribution in [0.5, 0.6) is 0 Å². The van der Waals surface area contributed by atoms with E-state index in [9.17, 15) is 9.59 Å². The van der Waals surface area contributed by atoms with Crippen LogP contribution in [0.1, 0.15) is 0 Å². The number of carbonyl (C=O) groups excluding carboxylic acids is 2. The van der Waals surface area contributed by atoms with E-state index in [1.807, 2.05) is 60.7 Å². The third-order valence-electron chi connectivity index (χ3n) is 2.64. The summed E-state index contributed by atoms with van der Waals surface area (Å²) >= 11 is 0. The SMILES string of the molecule is NC(=O)OC(=O)CN(c1ccccc1)c1ccccc1. The van der Waals surface area contributed by atoms with Gasteiger partial charge in [0.2, 0.25) is 0 Å². The van der Waals surface area contributed by atoms with Gasteiger partial charge in [0.05, 0.1) is 0 Å². The summed E-state index contributed by atoms with van der Waals surface area (Å²) in [4.78, 5) is 24.0. The average Bonchev–Trinajstić information content (AvgIpc) is 2.46. The van der Waals surface area contributed by atoms with E-state index in [-0.39, 0.29) is 6.54 Å². The minimum Gasteiger partial charge on any atom is -0.375 e. The summed E-state index contributed by atoms with van der Waals surface area (Å²) < 4.78 is 4.38. The van der Waals surface area contributed by atoms with Crippen LogP contribution in [-0.4, -0.2) is 18.6 Å². The molecule has 0 atom stereocenters. The minimum absolute atomic E-state index is 0.100. The number of nitrogens with zero attached hydrogens (tertiary/aromatic N) is 1. The van der Waals surface area contributed by atoms with Crippen LogP contribution >= 0.6 is 0 Å². The highest BCUT2D eigenvalue weighted by atomic mass is 16.6. The van der Waals surface area contributed by atoms with Gasteiger partial charge in [-0.3, -0.25) is 0 Å². The summed E-state index contributed by atoms with van der Waals surface area (Å²) in [5, 5.41) is 0. The predicted octanol–water partition coefficient (Wildman–Crippen LogP) is 2.45. The zero-order chi connectivity index (χ0) is 14.4. The fourth-order valence-electron chi connectivity index (χ4n) is 1.82. The van der Waals surface area contributed by atoms with Crippen LogP contribution in [0.2, 0.25) is 0 Å². The van der Waals surface area contributed by atoms with Gasteiger partial charge in [-0.1, -0.05) is 36.4 Å². The van der Waals surface area contributed by atoms with Gasteiger partial charge in [-0.25, -0.2) is 9.59 Å². The van der Waals surface area contributed by atoms with Crippen LogP contribution in [-0.2, 0) is 9.53 Å². The topological polar surface area (TPSA) is 72.6 Å². The molecular formula is C15H14N2O3. The molecule has 0 bridgehead atoms. The number of para-hydroxylation sites is 2. The summed E-state index contributed by atoms with van der Waals surface area (Å²) in [5.41, 5.74) is 6.49. The first kappa shape index (κ1) is 13.6. The Morgan fingerprint density at radius 2 is 1.35 bits per heavy atom. The highest BCUT2D eigenvalue weighted by Gasteiger charge is 2.15. The second-order valence-corrected chi connectivity index (χ2v) is 4.05. The summed E-state index contributed by atoms with van der Waals surface area (Å²) in [7, 11) is 0. The minimum atomic E-state index is -1.10. The number of hydrogen-bond donors (Lipinski definition) is 1. The fraction of sp³-hybridized carbons (Fsp3) is 0.0667. The van der Waals surface area contributed by atoms with E-state index in [1.165, 1.54) is 0 Å². The van der Waals surface area contributed by atoms with Crippen molar-refractivity contribution in [3.05, 3.63) is 60.7 Å². The third-order valence-corrected chi connectivity index (χ3v) is 2.64. The highest BCUT2D eigenvalue weighted by Crippen LogP contribution is 2.24. The van der Waals surface area contributed by atoms with Crippen LogP contribution in [0.4, 0.5) is 16.2 Å². The molecule has 2 N–H and O–H groups in total. The Hall–Kier alpha value is -2.82. The van der Waals surface area contributed by atoms with E-state index in [1.54, 1.807) is 4.90 Å². The number of benzene rings is 2. The normalized spacial score (nSPS) is 9.80. The van der Waals surface area contributed by atoms with Gasteiger partial charge in [0, 0.05) is 11.4 Å². The van der Waals surface area contributed by atoms with Crippen molar-refractivity contribution in [2.24, 2.45) is 5.73 Å². The Balaban J connectivity index is 2.26. The lowest BCUT2D eigenvalue weighted by molar-refractivity contribution is -0.135. The maximum atomic E-state index is 11.6. The zero-order valence-electron chi connectivity index (χ0n) is 10.7. The first-order valence-corrected chi connectivity index (χ1v) is 6.04. The van der Waals surface area contributed by atoms with E-state index in [4.69, 9.17) is 5.73 Å². The second kappa shape index (κ2) is 6.38. The molecule has 20 heavy (non-hydrogen) atoms. The van der Waals surface area contributed by atoms with Gasteiger partial charge >= 0.3 is 12.1 Å². The van der Waals surface area contributed by atoms with Crippen molar-refractivity contribution in [1.29, 1.82) is 0 Å². The zero-order valence-corrected chi connectivity index (χ0v) is 10.7. The van der Waals surface area contributed by atoms with Crippen LogP contribution < -0.4 is 10.6 Å². The van der Waals surface area contributed by atoms with E-state index in [0.29, 0.717) is 0 Å². The molecule has 0 fully saturated rings. The molecule has 0 saturated carbocycles. The monoisotopic (exact) mass is 270 g/mol. The number of ether oxygens (including phenoxy) is 1. The molecular weight excluding hydrogens is 256 g/mol. The number of hydrogen-bond acceptors (Lipinski definition) is 4. The largest absolute Gasteiger partial charge is 0.412 e. The van der Waals surface area contributed by atoms with Crippen molar-refractivity contribution < 1.29 is 14.3 Å². The molecule has 0 heterocycles.